The van der Waals surface area contributed by atoms with Crippen molar-refractivity contribution in [2.75, 3.05) is 0 Å². The van der Waals surface area contributed by atoms with Crippen molar-refractivity contribution in [1.29, 1.82) is 0 Å². The fourth-order valence-electron chi connectivity index (χ4n) is 1.65. The molecule has 0 saturated carbocycles. The summed E-state index contributed by atoms with van der Waals surface area (Å²) in [4.78, 5) is 0. The molecule has 0 bridgehead atoms. The van der Waals surface area contributed by atoms with E-state index in [-0.39, 0.29) is 5.75 Å². The lowest BCUT2D eigenvalue weighted by atomic mass is 10.0. The van der Waals surface area contributed by atoms with Crippen molar-refractivity contribution >= 4 is 27.5 Å². The Kier molecular flexibility index (Phi) is 3.22. The molecule has 0 aliphatic rings. The van der Waals surface area contributed by atoms with Crippen LogP contribution in [-0.2, 0) is 0 Å². The molecular formula is C13H10BrClO. The summed E-state index contributed by atoms with van der Waals surface area (Å²) in [6, 6.07) is 11.1. The highest BCUT2D eigenvalue weighted by molar-refractivity contribution is 9.10. The molecule has 16 heavy (non-hydrogen) atoms. The van der Waals surface area contributed by atoms with Crippen molar-refractivity contribution in [3.63, 3.8) is 0 Å². The highest BCUT2D eigenvalue weighted by Crippen LogP contribution is 2.32. The smallest absolute Gasteiger partial charge is 0.117 e. The first-order chi connectivity index (χ1) is 7.58. The molecule has 0 saturated heterocycles. The number of halogens is 2. The molecule has 0 heterocycles. The summed E-state index contributed by atoms with van der Waals surface area (Å²) in [6.45, 7) is 1.97. The van der Waals surface area contributed by atoms with Crippen molar-refractivity contribution in [2.45, 2.75) is 6.92 Å². The van der Waals surface area contributed by atoms with Crippen molar-refractivity contribution < 1.29 is 5.11 Å². The number of aromatic hydroxyl groups is 1. The Hall–Kier alpha value is -0.990. The maximum atomic E-state index is 9.55. The van der Waals surface area contributed by atoms with Crippen LogP contribution in [0.15, 0.2) is 40.9 Å². The Morgan fingerprint density at radius 1 is 1.19 bits per heavy atom. The summed E-state index contributed by atoms with van der Waals surface area (Å²) in [6.07, 6.45) is 0. The molecule has 0 aliphatic heterocycles. The van der Waals surface area contributed by atoms with Crippen LogP contribution >= 0.6 is 27.5 Å². The van der Waals surface area contributed by atoms with E-state index in [1.54, 1.807) is 12.1 Å². The molecule has 0 radical (unpaired) electrons. The van der Waals surface area contributed by atoms with E-state index in [0.29, 0.717) is 0 Å². The van der Waals surface area contributed by atoms with E-state index in [0.717, 1.165) is 26.2 Å². The predicted molar refractivity (Wildman–Crippen MR) is 71.0 cm³/mol. The third kappa shape index (κ3) is 2.23. The maximum Gasteiger partial charge on any atom is 0.117 e. The van der Waals surface area contributed by atoms with E-state index in [4.69, 9.17) is 11.6 Å². The van der Waals surface area contributed by atoms with Gasteiger partial charge in [0.15, 0.2) is 0 Å². The van der Waals surface area contributed by atoms with Gasteiger partial charge in [-0.2, -0.15) is 0 Å². The van der Waals surface area contributed by atoms with Crippen LogP contribution in [0.3, 0.4) is 0 Å². The van der Waals surface area contributed by atoms with Gasteiger partial charge in [0, 0.05) is 9.50 Å². The van der Waals surface area contributed by atoms with E-state index in [1.165, 1.54) is 0 Å². The summed E-state index contributed by atoms with van der Waals surface area (Å²) in [5.41, 5.74) is 3.00. The molecule has 0 aliphatic carbocycles. The number of rotatable bonds is 1. The van der Waals surface area contributed by atoms with Gasteiger partial charge in [-0.1, -0.05) is 39.7 Å². The van der Waals surface area contributed by atoms with Gasteiger partial charge in [-0.3, -0.25) is 0 Å². The number of phenolic OH excluding ortho intramolecular Hbond substituents is 1. The second-order valence-electron chi connectivity index (χ2n) is 3.61. The molecule has 3 heteroatoms. The topological polar surface area (TPSA) is 20.2 Å². The fourth-order valence-corrected chi connectivity index (χ4v) is 2.31. The zero-order chi connectivity index (χ0) is 11.7. The third-order valence-electron chi connectivity index (χ3n) is 2.46. The van der Waals surface area contributed by atoms with Crippen molar-refractivity contribution in [3.05, 3.63) is 51.5 Å². The minimum absolute atomic E-state index is 0.240. The summed E-state index contributed by atoms with van der Waals surface area (Å²) in [5, 5.41) is 10.3. The first-order valence-corrected chi connectivity index (χ1v) is 6.00. The largest absolute Gasteiger partial charge is 0.508 e. The van der Waals surface area contributed by atoms with Gasteiger partial charge < -0.3 is 5.11 Å². The molecule has 82 valence electrons. The van der Waals surface area contributed by atoms with Gasteiger partial charge in [0.25, 0.3) is 0 Å². The lowest BCUT2D eigenvalue weighted by Gasteiger charge is -2.08. The van der Waals surface area contributed by atoms with Crippen molar-refractivity contribution in [3.8, 4) is 16.9 Å². The number of hydrogen-bond acceptors (Lipinski definition) is 1. The van der Waals surface area contributed by atoms with Crippen molar-refractivity contribution in [2.24, 2.45) is 0 Å². The second kappa shape index (κ2) is 4.48. The van der Waals surface area contributed by atoms with Gasteiger partial charge in [-0.25, -0.2) is 0 Å². The van der Waals surface area contributed by atoms with Crippen LogP contribution in [0.2, 0.25) is 5.02 Å². The molecule has 2 aromatic rings. The standard InChI is InChI=1S/C13H10BrClO/c1-8-12(3-2-4-13(8)15)9-5-10(14)7-11(16)6-9/h2-7,16H,1H3. The van der Waals surface area contributed by atoms with E-state index in [2.05, 4.69) is 15.9 Å². The molecular weight excluding hydrogens is 287 g/mol. The monoisotopic (exact) mass is 296 g/mol. The molecule has 0 spiro atoms. The minimum Gasteiger partial charge on any atom is -0.508 e. The SMILES string of the molecule is Cc1c(Cl)cccc1-c1cc(O)cc(Br)c1. The van der Waals surface area contributed by atoms with E-state index in [9.17, 15) is 5.11 Å². The fraction of sp³-hybridized carbons (Fsp3) is 0.0769. The van der Waals surface area contributed by atoms with Gasteiger partial charge in [-0.05, 0) is 47.9 Å². The predicted octanol–water partition coefficient (Wildman–Crippen LogP) is 4.78. The zero-order valence-corrected chi connectivity index (χ0v) is 11.0. The van der Waals surface area contributed by atoms with Crippen LogP contribution in [-0.4, -0.2) is 5.11 Å². The molecule has 0 aromatic heterocycles. The molecule has 0 fully saturated rings. The van der Waals surface area contributed by atoms with Gasteiger partial charge in [0.2, 0.25) is 0 Å². The number of hydrogen-bond donors (Lipinski definition) is 1. The Morgan fingerprint density at radius 2 is 1.94 bits per heavy atom. The van der Waals surface area contributed by atoms with Gasteiger partial charge >= 0.3 is 0 Å². The molecule has 0 atom stereocenters. The Bertz CT molecular complexity index is 517. The van der Waals surface area contributed by atoms with Crippen LogP contribution in [0.25, 0.3) is 11.1 Å². The van der Waals surface area contributed by atoms with Gasteiger partial charge in [-0.15, -0.1) is 0 Å². The average molecular weight is 298 g/mol. The van der Waals surface area contributed by atoms with Crippen LogP contribution in [0.4, 0.5) is 0 Å². The van der Waals surface area contributed by atoms with Gasteiger partial charge in [0.05, 0.1) is 0 Å². The first kappa shape index (κ1) is 11.5. The quantitative estimate of drug-likeness (QED) is 0.803. The van der Waals surface area contributed by atoms with E-state index < -0.39 is 0 Å². The molecule has 0 unspecified atom stereocenters. The number of benzene rings is 2. The van der Waals surface area contributed by atoms with Crippen LogP contribution in [0, 0.1) is 6.92 Å². The van der Waals surface area contributed by atoms with Crippen LogP contribution < -0.4 is 0 Å². The summed E-state index contributed by atoms with van der Waals surface area (Å²) in [5.74, 6) is 0.240. The normalized spacial score (nSPS) is 10.4. The third-order valence-corrected chi connectivity index (χ3v) is 3.33. The maximum absolute atomic E-state index is 9.55. The second-order valence-corrected chi connectivity index (χ2v) is 4.93. The van der Waals surface area contributed by atoms with Crippen LogP contribution in [0.5, 0.6) is 5.75 Å². The number of phenols is 1. The summed E-state index contributed by atoms with van der Waals surface area (Å²) < 4.78 is 0.849. The summed E-state index contributed by atoms with van der Waals surface area (Å²) in [7, 11) is 0. The highest BCUT2D eigenvalue weighted by atomic mass is 79.9. The molecule has 0 amide bonds. The lowest BCUT2D eigenvalue weighted by molar-refractivity contribution is 0.475. The van der Waals surface area contributed by atoms with E-state index in [1.807, 2.05) is 31.2 Å². The highest BCUT2D eigenvalue weighted by Gasteiger charge is 2.06. The molecule has 1 nitrogen and oxygen atoms in total. The van der Waals surface area contributed by atoms with Crippen molar-refractivity contribution in [1.82, 2.24) is 0 Å². The Balaban J connectivity index is 2.63. The molecule has 2 rings (SSSR count). The van der Waals surface area contributed by atoms with E-state index >= 15 is 0 Å². The zero-order valence-electron chi connectivity index (χ0n) is 8.67. The summed E-state index contributed by atoms with van der Waals surface area (Å²) >= 11 is 9.43. The minimum atomic E-state index is 0.240. The average Bonchev–Trinajstić information content (AvgIpc) is 2.20. The van der Waals surface area contributed by atoms with Crippen LogP contribution in [0.1, 0.15) is 5.56 Å². The molecule has 2 aromatic carbocycles. The lowest BCUT2D eigenvalue weighted by Crippen LogP contribution is -1.84. The first-order valence-electron chi connectivity index (χ1n) is 4.83. The molecule has 1 N–H and O–H groups in total. The Morgan fingerprint density at radius 3 is 2.62 bits per heavy atom. The van der Waals surface area contributed by atoms with Gasteiger partial charge in [0.1, 0.15) is 5.75 Å². The Labute approximate surface area is 108 Å².